The standard InChI is InChI=1S/C11H12F3N5/c12-11(13,14)9-7-8-10(16-4-2-1-3-15)17-5-6-19(8)18-9/h1-2,5-7H,3-4,15H2,(H,16,17)/b2-1+. The Morgan fingerprint density at radius 2 is 2.16 bits per heavy atom. The Labute approximate surface area is 106 Å². The zero-order valence-electron chi connectivity index (χ0n) is 9.85. The van der Waals surface area contributed by atoms with Crippen molar-refractivity contribution in [1.82, 2.24) is 14.6 Å². The molecule has 0 fully saturated rings. The van der Waals surface area contributed by atoms with Crippen molar-refractivity contribution in [2.24, 2.45) is 5.73 Å². The number of nitrogens with one attached hydrogen (secondary N) is 1. The van der Waals surface area contributed by atoms with E-state index in [1.807, 2.05) is 0 Å². The Kier molecular flexibility index (Phi) is 3.70. The molecule has 2 aromatic rings. The normalized spacial score (nSPS) is 12.4. The van der Waals surface area contributed by atoms with Gasteiger partial charge in [-0.2, -0.15) is 18.3 Å². The van der Waals surface area contributed by atoms with E-state index in [1.165, 1.54) is 12.4 Å². The monoisotopic (exact) mass is 271 g/mol. The van der Waals surface area contributed by atoms with Crippen LogP contribution in [0.15, 0.2) is 30.6 Å². The molecule has 2 rings (SSSR count). The number of aromatic nitrogens is 3. The van der Waals surface area contributed by atoms with Gasteiger partial charge in [-0.1, -0.05) is 12.2 Å². The van der Waals surface area contributed by atoms with Crippen LogP contribution >= 0.6 is 0 Å². The number of rotatable bonds is 4. The molecule has 8 heteroatoms. The Bertz CT molecular complexity index is 588. The van der Waals surface area contributed by atoms with Gasteiger partial charge in [-0.15, -0.1) is 0 Å². The number of nitrogens with two attached hydrogens (primary N) is 1. The highest BCUT2D eigenvalue weighted by molar-refractivity contribution is 5.68. The first-order valence-electron chi connectivity index (χ1n) is 5.53. The first-order valence-corrected chi connectivity index (χ1v) is 5.53. The highest BCUT2D eigenvalue weighted by Gasteiger charge is 2.34. The van der Waals surface area contributed by atoms with Crippen LogP contribution < -0.4 is 11.1 Å². The molecule has 0 aliphatic carbocycles. The van der Waals surface area contributed by atoms with Gasteiger partial charge < -0.3 is 11.1 Å². The topological polar surface area (TPSA) is 68.2 Å². The Morgan fingerprint density at radius 1 is 1.37 bits per heavy atom. The second kappa shape index (κ2) is 5.27. The maximum absolute atomic E-state index is 12.6. The molecule has 2 heterocycles. The zero-order chi connectivity index (χ0) is 13.9. The summed E-state index contributed by atoms with van der Waals surface area (Å²) in [6.45, 7) is 0.834. The van der Waals surface area contributed by atoms with E-state index in [1.54, 1.807) is 12.2 Å². The van der Waals surface area contributed by atoms with E-state index in [2.05, 4.69) is 15.4 Å². The van der Waals surface area contributed by atoms with E-state index in [4.69, 9.17) is 5.73 Å². The lowest BCUT2D eigenvalue weighted by Crippen LogP contribution is -2.05. The molecule has 0 aromatic carbocycles. The van der Waals surface area contributed by atoms with Gasteiger partial charge in [-0.25, -0.2) is 9.50 Å². The quantitative estimate of drug-likeness (QED) is 0.830. The predicted octanol–water partition coefficient (Wildman–Crippen LogP) is 1.67. The van der Waals surface area contributed by atoms with Crippen LogP contribution in [0.2, 0.25) is 0 Å². The van der Waals surface area contributed by atoms with Crippen molar-refractivity contribution in [3.63, 3.8) is 0 Å². The van der Waals surface area contributed by atoms with Crippen molar-refractivity contribution in [3.05, 3.63) is 36.3 Å². The molecule has 2 aromatic heterocycles. The van der Waals surface area contributed by atoms with Crippen molar-refractivity contribution in [3.8, 4) is 0 Å². The van der Waals surface area contributed by atoms with E-state index >= 15 is 0 Å². The van der Waals surface area contributed by atoms with Gasteiger partial charge in [-0.3, -0.25) is 0 Å². The second-order valence-corrected chi connectivity index (χ2v) is 3.72. The first kappa shape index (κ1) is 13.3. The number of anilines is 1. The largest absolute Gasteiger partial charge is 0.435 e. The summed E-state index contributed by atoms with van der Waals surface area (Å²) in [6, 6.07) is 0.960. The summed E-state index contributed by atoms with van der Waals surface area (Å²) < 4.78 is 38.8. The van der Waals surface area contributed by atoms with Crippen molar-refractivity contribution in [2.45, 2.75) is 6.18 Å². The molecule has 19 heavy (non-hydrogen) atoms. The summed E-state index contributed by atoms with van der Waals surface area (Å²) in [6.07, 6.45) is 1.79. The molecule has 0 aliphatic heterocycles. The lowest BCUT2D eigenvalue weighted by Gasteiger charge is -2.03. The molecule has 0 unspecified atom stereocenters. The van der Waals surface area contributed by atoms with Crippen LogP contribution in [0, 0.1) is 0 Å². The summed E-state index contributed by atoms with van der Waals surface area (Å²) in [5.74, 6) is 0.340. The fourth-order valence-corrected chi connectivity index (χ4v) is 1.53. The molecule has 0 amide bonds. The molecule has 3 N–H and O–H groups in total. The average molecular weight is 271 g/mol. The number of hydrogen-bond acceptors (Lipinski definition) is 4. The SMILES string of the molecule is NC/C=C/CNc1nccn2nc(C(F)(F)F)cc12. The molecule has 0 bridgehead atoms. The fourth-order valence-electron chi connectivity index (χ4n) is 1.53. The van der Waals surface area contributed by atoms with Gasteiger partial charge in [0.25, 0.3) is 0 Å². The molecule has 102 valence electrons. The van der Waals surface area contributed by atoms with Gasteiger partial charge >= 0.3 is 6.18 Å². The van der Waals surface area contributed by atoms with Crippen LogP contribution in [-0.2, 0) is 6.18 Å². The molecule has 0 radical (unpaired) electrons. The summed E-state index contributed by atoms with van der Waals surface area (Å²) >= 11 is 0. The minimum Gasteiger partial charge on any atom is -0.365 e. The van der Waals surface area contributed by atoms with Crippen LogP contribution in [0.25, 0.3) is 5.52 Å². The number of halogens is 3. The summed E-state index contributed by atoms with van der Waals surface area (Å²) in [5.41, 5.74) is 4.61. The van der Waals surface area contributed by atoms with Gasteiger partial charge in [0.05, 0.1) is 0 Å². The average Bonchev–Trinajstić information content (AvgIpc) is 2.79. The van der Waals surface area contributed by atoms with Gasteiger partial charge in [0.15, 0.2) is 11.5 Å². The van der Waals surface area contributed by atoms with Gasteiger partial charge in [0.1, 0.15) is 5.52 Å². The number of nitrogens with zero attached hydrogens (tertiary/aromatic N) is 3. The lowest BCUT2D eigenvalue weighted by molar-refractivity contribution is -0.141. The molecule has 0 spiro atoms. The minimum absolute atomic E-state index is 0.274. The highest BCUT2D eigenvalue weighted by atomic mass is 19.4. The summed E-state index contributed by atoms with van der Waals surface area (Å²) in [7, 11) is 0. The summed E-state index contributed by atoms with van der Waals surface area (Å²) in [5, 5.41) is 6.37. The lowest BCUT2D eigenvalue weighted by atomic mass is 10.3. The van der Waals surface area contributed by atoms with E-state index in [0.29, 0.717) is 18.9 Å². The smallest absolute Gasteiger partial charge is 0.365 e. The van der Waals surface area contributed by atoms with Crippen molar-refractivity contribution >= 4 is 11.3 Å². The predicted molar refractivity (Wildman–Crippen MR) is 64.7 cm³/mol. The van der Waals surface area contributed by atoms with Crippen LogP contribution in [0.5, 0.6) is 0 Å². The highest BCUT2D eigenvalue weighted by Crippen LogP contribution is 2.29. The Hall–Kier alpha value is -2.09. The van der Waals surface area contributed by atoms with Gasteiger partial charge in [0.2, 0.25) is 0 Å². The third-order valence-electron chi connectivity index (χ3n) is 2.37. The molecular weight excluding hydrogens is 259 g/mol. The van der Waals surface area contributed by atoms with Gasteiger partial charge in [-0.05, 0) is 0 Å². The third-order valence-corrected chi connectivity index (χ3v) is 2.37. The zero-order valence-corrected chi connectivity index (χ0v) is 9.85. The number of hydrogen-bond donors (Lipinski definition) is 2. The van der Waals surface area contributed by atoms with Crippen LogP contribution in [0.4, 0.5) is 19.0 Å². The van der Waals surface area contributed by atoms with E-state index in [9.17, 15) is 13.2 Å². The Morgan fingerprint density at radius 3 is 2.84 bits per heavy atom. The third kappa shape index (κ3) is 3.02. The number of alkyl halides is 3. The molecular formula is C11H12F3N5. The molecule has 0 aliphatic rings. The number of fused-ring (bicyclic) bond motifs is 1. The van der Waals surface area contributed by atoms with Crippen LogP contribution in [0.3, 0.4) is 0 Å². The Balaban J connectivity index is 2.29. The maximum atomic E-state index is 12.6. The maximum Gasteiger partial charge on any atom is 0.435 e. The molecule has 0 saturated carbocycles. The summed E-state index contributed by atoms with van der Waals surface area (Å²) in [4.78, 5) is 4.00. The molecule has 0 saturated heterocycles. The van der Waals surface area contributed by atoms with Crippen molar-refractivity contribution < 1.29 is 13.2 Å². The van der Waals surface area contributed by atoms with E-state index < -0.39 is 11.9 Å². The van der Waals surface area contributed by atoms with E-state index in [0.717, 1.165) is 10.6 Å². The minimum atomic E-state index is -4.47. The van der Waals surface area contributed by atoms with Crippen molar-refractivity contribution in [2.75, 3.05) is 18.4 Å². The van der Waals surface area contributed by atoms with Crippen LogP contribution in [-0.4, -0.2) is 27.7 Å². The molecule has 0 atom stereocenters. The fraction of sp³-hybridized carbons (Fsp3) is 0.273. The van der Waals surface area contributed by atoms with Gasteiger partial charge in [0, 0.05) is 31.5 Å². The van der Waals surface area contributed by atoms with E-state index in [-0.39, 0.29) is 5.52 Å². The second-order valence-electron chi connectivity index (χ2n) is 3.72. The van der Waals surface area contributed by atoms with Crippen molar-refractivity contribution in [1.29, 1.82) is 0 Å². The molecule has 5 nitrogen and oxygen atoms in total. The van der Waals surface area contributed by atoms with Crippen LogP contribution in [0.1, 0.15) is 5.69 Å². The first-order chi connectivity index (χ1) is 9.02.